The van der Waals surface area contributed by atoms with E-state index in [1.807, 2.05) is 0 Å². The average molecular weight is 498 g/mol. The van der Waals surface area contributed by atoms with E-state index in [4.69, 9.17) is 4.74 Å². The van der Waals surface area contributed by atoms with Crippen LogP contribution in [0.25, 0.3) is 0 Å². The summed E-state index contributed by atoms with van der Waals surface area (Å²) in [4.78, 5) is 0. The second-order valence-electron chi connectivity index (χ2n) is 7.07. The maximum atomic E-state index is 9.88. The standard InChI is InChI=1S/C21H27IN2O4/c1-28-21(27)3-2-7-23-17-5-4-13(9-16(17)22)10-18-15-12-20(26)19(25)11-14(15)6-8-24-18/h4-5,9,11-12,18,21,23-27H,2-3,6-8,10H2,1H3/t18-,21?/m0/s1. The summed E-state index contributed by atoms with van der Waals surface area (Å²) in [6.07, 6.45) is 2.39. The van der Waals surface area contributed by atoms with Crippen molar-refractivity contribution in [2.45, 2.75) is 38.0 Å². The minimum absolute atomic E-state index is 0.0533. The first-order valence-corrected chi connectivity index (χ1v) is 10.6. The number of fused-ring (bicyclic) bond motifs is 1. The molecule has 0 aliphatic carbocycles. The van der Waals surface area contributed by atoms with Gasteiger partial charge in [0.05, 0.1) is 0 Å². The maximum absolute atomic E-state index is 9.88. The Hall–Kier alpha value is -1.55. The number of phenolic OH excluding ortho intramolecular Hbond substituents is 2. The van der Waals surface area contributed by atoms with Gasteiger partial charge in [-0.1, -0.05) is 6.07 Å². The van der Waals surface area contributed by atoms with Crippen LogP contribution in [0, 0.1) is 3.57 Å². The van der Waals surface area contributed by atoms with E-state index in [9.17, 15) is 15.3 Å². The van der Waals surface area contributed by atoms with E-state index < -0.39 is 6.29 Å². The van der Waals surface area contributed by atoms with Crippen molar-refractivity contribution in [2.75, 3.05) is 25.5 Å². The topological polar surface area (TPSA) is 94.0 Å². The molecular formula is C21H27IN2O4. The predicted octanol–water partition coefficient (Wildman–Crippen LogP) is 3.29. The number of halogens is 1. The fourth-order valence-corrected chi connectivity index (χ4v) is 4.30. The summed E-state index contributed by atoms with van der Waals surface area (Å²) >= 11 is 2.33. The number of anilines is 1. The van der Waals surface area contributed by atoms with E-state index in [0.717, 1.165) is 52.7 Å². The summed E-state index contributed by atoms with van der Waals surface area (Å²) in [5.41, 5.74) is 4.43. The lowest BCUT2D eigenvalue weighted by atomic mass is 9.90. The zero-order valence-electron chi connectivity index (χ0n) is 15.9. The third-order valence-corrected chi connectivity index (χ3v) is 5.98. The highest BCUT2D eigenvalue weighted by Crippen LogP contribution is 2.35. The van der Waals surface area contributed by atoms with Gasteiger partial charge in [0.15, 0.2) is 17.8 Å². The molecule has 0 saturated heterocycles. The summed E-state index contributed by atoms with van der Waals surface area (Å²) in [7, 11) is 1.50. The van der Waals surface area contributed by atoms with Gasteiger partial charge in [-0.3, -0.25) is 0 Å². The number of aliphatic hydroxyl groups excluding tert-OH is 1. The molecule has 1 aliphatic rings. The maximum Gasteiger partial charge on any atom is 0.157 e. The average Bonchev–Trinajstić information content (AvgIpc) is 2.68. The number of rotatable bonds is 8. The van der Waals surface area contributed by atoms with Crippen LogP contribution in [-0.2, 0) is 17.6 Å². The van der Waals surface area contributed by atoms with Gasteiger partial charge in [0.2, 0.25) is 0 Å². The predicted molar refractivity (Wildman–Crippen MR) is 118 cm³/mol. The minimum Gasteiger partial charge on any atom is -0.504 e. The lowest BCUT2D eigenvalue weighted by molar-refractivity contribution is -0.0785. The number of aliphatic hydroxyl groups is 1. The number of aromatic hydroxyl groups is 2. The van der Waals surface area contributed by atoms with Crippen LogP contribution < -0.4 is 10.6 Å². The van der Waals surface area contributed by atoms with Crippen LogP contribution in [0.5, 0.6) is 11.5 Å². The molecule has 2 aromatic rings. The second kappa shape index (κ2) is 9.78. The molecule has 0 amide bonds. The van der Waals surface area contributed by atoms with Crippen molar-refractivity contribution in [3.63, 3.8) is 0 Å². The van der Waals surface area contributed by atoms with Gasteiger partial charge in [0, 0.05) is 29.0 Å². The summed E-state index contributed by atoms with van der Waals surface area (Å²) in [6.45, 7) is 1.63. The van der Waals surface area contributed by atoms with Gasteiger partial charge in [0.1, 0.15) is 0 Å². The summed E-state index contributed by atoms with van der Waals surface area (Å²) in [5.74, 6) is -0.123. The largest absolute Gasteiger partial charge is 0.504 e. The third kappa shape index (κ3) is 5.28. The molecule has 0 spiro atoms. The first kappa shape index (κ1) is 21.2. The van der Waals surface area contributed by atoms with E-state index >= 15 is 0 Å². The van der Waals surface area contributed by atoms with Crippen LogP contribution in [0.2, 0.25) is 0 Å². The van der Waals surface area contributed by atoms with Crippen LogP contribution in [0.3, 0.4) is 0 Å². The van der Waals surface area contributed by atoms with Gasteiger partial charge in [-0.2, -0.15) is 0 Å². The molecule has 5 N–H and O–H groups in total. The molecule has 0 radical (unpaired) electrons. The lowest BCUT2D eigenvalue weighted by Crippen LogP contribution is -2.31. The monoisotopic (exact) mass is 498 g/mol. The molecule has 152 valence electrons. The van der Waals surface area contributed by atoms with Gasteiger partial charge in [-0.25, -0.2) is 0 Å². The smallest absolute Gasteiger partial charge is 0.157 e. The summed E-state index contributed by atoms with van der Waals surface area (Å²) in [5, 5.41) is 36.0. The summed E-state index contributed by atoms with van der Waals surface area (Å²) in [6, 6.07) is 9.84. The first-order chi connectivity index (χ1) is 13.5. The first-order valence-electron chi connectivity index (χ1n) is 9.49. The molecule has 3 rings (SSSR count). The molecule has 1 aliphatic heterocycles. The van der Waals surface area contributed by atoms with Gasteiger partial charge >= 0.3 is 0 Å². The SMILES string of the molecule is COC(O)CCCNc1ccc(C[C@@H]2NCCc3cc(O)c(O)cc32)cc1I. The van der Waals surface area contributed by atoms with Gasteiger partial charge in [0.25, 0.3) is 0 Å². The Morgan fingerprint density at radius 2 is 2.04 bits per heavy atom. The molecule has 0 fully saturated rings. The normalized spacial score (nSPS) is 17.2. The second-order valence-corrected chi connectivity index (χ2v) is 8.24. The zero-order chi connectivity index (χ0) is 20.1. The molecule has 2 aromatic carbocycles. The Balaban J connectivity index is 1.63. The molecule has 0 aromatic heterocycles. The fraction of sp³-hybridized carbons (Fsp3) is 0.429. The number of benzene rings is 2. The molecule has 28 heavy (non-hydrogen) atoms. The highest BCUT2D eigenvalue weighted by Gasteiger charge is 2.22. The molecule has 7 heteroatoms. The van der Waals surface area contributed by atoms with Crippen molar-refractivity contribution in [1.29, 1.82) is 0 Å². The minimum atomic E-state index is -0.699. The Morgan fingerprint density at radius 1 is 1.25 bits per heavy atom. The molecule has 0 saturated carbocycles. The number of ether oxygens (including phenoxy) is 1. The van der Waals surface area contributed by atoms with Crippen molar-refractivity contribution >= 4 is 28.3 Å². The quantitative estimate of drug-likeness (QED) is 0.166. The molecular weight excluding hydrogens is 471 g/mol. The molecule has 6 nitrogen and oxygen atoms in total. The van der Waals surface area contributed by atoms with Crippen molar-refractivity contribution in [3.05, 3.63) is 50.6 Å². The lowest BCUT2D eigenvalue weighted by Gasteiger charge is -2.27. The molecule has 1 heterocycles. The fourth-order valence-electron chi connectivity index (χ4n) is 3.53. The van der Waals surface area contributed by atoms with Crippen molar-refractivity contribution in [3.8, 4) is 11.5 Å². The van der Waals surface area contributed by atoms with E-state index in [0.29, 0.717) is 6.42 Å². The summed E-state index contributed by atoms with van der Waals surface area (Å²) < 4.78 is 5.99. The number of hydrogen-bond donors (Lipinski definition) is 5. The van der Waals surface area contributed by atoms with Crippen molar-refractivity contribution < 1.29 is 20.1 Å². The van der Waals surface area contributed by atoms with Gasteiger partial charge in [-0.15, -0.1) is 0 Å². The van der Waals surface area contributed by atoms with E-state index in [-0.39, 0.29) is 17.5 Å². The molecule has 2 atom stereocenters. The van der Waals surface area contributed by atoms with Crippen LogP contribution in [0.15, 0.2) is 30.3 Å². The number of hydrogen-bond acceptors (Lipinski definition) is 6. The van der Waals surface area contributed by atoms with E-state index in [1.165, 1.54) is 12.7 Å². The van der Waals surface area contributed by atoms with Crippen molar-refractivity contribution in [2.24, 2.45) is 0 Å². The van der Waals surface area contributed by atoms with E-state index in [2.05, 4.69) is 51.4 Å². The van der Waals surface area contributed by atoms with Crippen LogP contribution in [-0.4, -0.2) is 41.8 Å². The molecule has 1 unspecified atom stereocenters. The van der Waals surface area contributed by atoms with Crippen LogP contribution >= 0.6 is 22.6 Å². The highest BCUT2D eigenvalue weighted by atomic mass is 127. The van der Waals surface area contributed by atoms with Gasteiger partial charge in [-0.05, 0) is 95.8 Å². The number of phenols is 2. The van der Waals surface area contributed by atoms with Gasteiger partial charge < -0.3 is 30.7 Å². The molecule has 0 bridgehead atoms. The van der Waals surface area contributed by atoms with Crippen LogP contribution in [0.4, 0.5) is 5.69 Å². The van der Waals surface area contributed by atoms with E-state index in [1.54, 1.807) is 12.1 Å². The zero-order valence-corrected chi connectivity index (χ0v) is 18.1. The van der Waals surface area contributed by atoms with Crippen LogP contribution in [0.1, 0.15) is 35.6 Å². The Bertz CT molecular complexity index is 815. The number of nitrogens with one attached hydrogen (secondary N) is 2. The third-order valence-electron chi connectivity index (χ3n) is 5.09. The highest BCUT2D eigenvalue weighted by molar-refractivity contribution is 14.1. The Kier molecular flexibility index (Phi) is 7.39. The Labute approximate surface area is 179 Å². The van der Waals surface area contributed by atoms with Crippen molar-refractivity contribution in [1.82, 2.24) is 5.32 Å². The Morgan fingerprint density at radius 3 is 2.79 bits per heavy atom. The number of methoxy groups -OCH3 is 1.